The molecular formula is C20H32F2O5. The fraction of sp³-hybridized carbons (Fsp3) is 0.850. The summed E-state index contributed by atoms with van der Waals surface area (Å²) in [6.07, 6.45) is 2.89. The third-order valence-corrected chi connectivity index (χ3v) is 5.45. The molecule has 0 bridgehead atoms. The molecule has 0 heterocycles. The van der Waals surface area contributed by atoms with E-state index in [1.165, 1.54) is 0 Å². The van der Waals surface area contributed by atoms with Crippen LogP contribution in [0.15, 0.2) is 0 Å². The molecule has 0 radical (unpaired) electrons. The molecule has 1 rings (SSSR count). The SMILES string of the molecule is CCCCC(F)(F)C(=O)CC[C@H]1[C@@H](O)CC(=O)[C@@H]1CCCCCCC(=O)O. The molecule has 27 heavy (non-hydrogen) atoms. The highest BCUT2D eigenvalue weighted by atomic mass is 19.3. The first-order chi connectivity index (χ1) is 12.7. The standard InChI is InChI=1S/C20H32F2O5/c1-2-3-12-20(21,22)18(25)11-10-15-14(16(23)13-17(15)24)8-6-4-5-7-9-19(26)27/h14-15,17,24H,2-13H2,1H3,(H,26,27)/t14-,15-,17+/m1/s1. The Morgan fingerprint density at radius 1 is 1.07 bits per heavy atom. The number of hydrogen-bond acceptors (Lipinski definition) is 4. The van der Waals surface area contributed by atoms with Gasteiger partial charge < -0.3 is 10.2 Å². The second-order valence-electron chi connectivity index (χ2n) is 7.62. The molecule has 0 aromatic carbocycles. The van der Waals surface area contributed by atoms with Crippen molar-refractivity contribution in [3.8, 4) is 0 Å². The molecule has 156 valence electrons. The largest absolute Gasteiger partial charge is 0.481 e. The number of aliphatic hydroxyl groups excluding tert-OH is 1. The van der Waals surface area contributed by atoms with Gasteiger partial charge in [0, 0.05) is 31.6 Å². The van der Waals surface area contributed by atoms with E-state index in [0.29, 0.717) is 19.3 Å². The lowest BCUT2D eigenvalue weighted by Gasteiger charge is -2.22. The average Bonchev–Trinajstić information content (AvgIpc) is 2.86. The third-order valence-electron chi connectivity index (χ3n) is 5.45. The van der Waals surface area contributed by atoms with Crippen LogP contribution in [0.25, 0.3) is 0 Å². The van der Waals surface area contributed by atoms with Crippen LogP contribution in [0.1, 0.15) is 84.0 Å². The van der Waals surface area contributed by atoms with Crippen molar-refractivity contribution in [2.75, 3.05) is 0 Å². The van der Waals surface area contributed by atoms with Crippen molar-refractivity contribution in [2.24, 2.45) is 11.8 Å². The summed E-state index contributed by atoms with van der Waals surface area (Å²) in [5.74, 6) is -6.16. The van der Waals surface area contributed by atoms with Gasteiger partial charge in [0.1, 0.15) is 5.78 Å². The molecule has 1 saturated carbocycles. The molecule has 0 aromatic rings. The zero-order valence-corrected chi connectivity index (χ0v) is 16.1. The van der Waals surface area contributed by atoms with E-state index in [2.05, 4.69) is 0 Å². The Balaban J connectivity index is 2.45. The molecule has 1 aliphatic carbocycles. The summed E-state index contributed by atoms with van der Waals surface area (Å²) in [5, 5.41) is 18.7. The molecule has 0 spiro atoms. The number of aliphatic carboxylic acids is 1. The number of carboxylic acids is 1. The number of hydrogen-bond donors (Lipinski definition) is 2. The lowest BCUT2D eigenvalue weighted by atomic mass is 9.85. The monoisotopic (exact) mass is 390 g/mol. The van der Waals surface area contributed by atoms with E-state index in [1.54, 1.807) is 6.92 Å². The fourth-order valence-electron chi connectivity index (χ4n) is 3.80. The maximum absolute atomic E-state index is 13.8. The molecular weight excluding hydrogens is 358 g/mol. The first kappa shape index (κ1) is 23.7. The van der Waals surface area contributed by atoms with E-state index >= 15 is 0 Å². The van der Waals surface area contributed by atoms with Crippen molar-refractivity contribution in [3.05, 3.63) is 0 Å². The molecule has 7 heteroatoms. The number of halogens is 2. The summed E-state index contributed by atoms with van der Waals surface area (Å²) in [5.41, 5.74) is 0. The number of rotatable bonds is 14. The van der Waals surface area contributed by atoms with Crippen molar-refractivity contribution in [2.45, 2.75) is 96.0 Å². The molecule has 0 amide bonds. The van der Waals surface area contributed by atoms with Gasteiger partial charge in [-0.25, -0.2) is 0 Å². The van der Waals surface area contributed by atoms with E-state index in [4.69, 9.17) is 5.11 Å². The van der Waals surface area contributed by atoms with Crippen LogP contribution in [0.3, 0.4) is 0 Å². The highest BCUT2D eigenvalue weighted by Crippen LogP contribution is 2.37. The molecule has 1 aliphatic rings. The third kappa shape index (κ3) is 8.03. The number of carbonyl (C=O) groups excluding carboxylic acids is 2. The van der Waals surface area contributed by atoms with Crippen LogP contribution >= 0.6 is 0 Å². The van der Waals surface area contributed by atoms with Gasteiger partial charge in [-0.2, -0.15) is 8.78 Å². The summed E-state index contributed by atoms with van der Waals surface area (Å²) in [4.78, 5) is 34.4. The molecule has 0 aromatic heterocycles. The van der Waals surface area contributed by atoms with Gasteiger partial charge in [0.15, 0.2) is 0 Å². The average molecular weight is 390 g/mol. The minimum absolute atomic E-state index is 0.0226. The number of Topliss-reactive ketones (excluding diaryl/α,β-unsaturated/α-hetero) is 2. The number of aliphatic hydroxyl groups is 1. The van der Waals surface area contributed by atoms with Crippen LogP contribution < -0.4 is 0 Å². The molecule has 0 aliphatic heterocycles. The van der Waals surface area contributed by atoms with Crippen molar-refractivity contribution in [3.63, 3.8) is 0 Å². The lowest BCUT2D eigenvalue weighted by molar-refractivity contribution is -0.144. The Morgan fingerprint density at radius 2 is 1.74 bits per heavy atom. The van der Waals surface area contributed by atoms with Gasteiger partial charge in [0.2, 0.25) is 5.78 Å². The van der Waals surface area contributed by atoms with Crippen LogP contribution in [-0.4, -0.2) is 39.8 Å². The van der Waals surface area contributed by atoms with Crippen LogP contribution in [-0.2, 0) is 14.4 Å². The van der Waals surface area contributed by atoms with E-state index in [9.17, 15) is 28.3 Å². The quantitative estimate of drug-likeness (QED) is 0.435. The molecule has 2 N–H and O–H groups in total. The van der Waals surface area contributed by atoms with E-state index in [1.807, 2.05) is 0 Å². The summed E-state index contributed by atoms with van der Waals surface area (Å²) >= 11 is 0. The van der Waals surface area contributed by atoms with Crippen LogP contribution in [0.5, 0.6) is 0 Å². The Morgan fingerprint density at radius 3 is 2.37 bits per heavy atom. The smallest absolute Gasteiger partial charge is 0.305 e. The maximum atomic E-state index is 13.8. The Bertz CT molecular complexity index is 507. The van der Waals surface area contributed by atoms with Crippen molar-refractivity contribution in [1.29, 1.82) is 0 Å². The predicted octanol–water partition coefficient (Wildman–Crippen LogP) is 4.15. The first-order valence-electron chi connectivity index (χ1n) is 10.0. The zero-order valence-electron chi connectivity index (χ0n) is 16.1. The Kier molecular flexibility index (Phi) is 10.1. The van der Waals surface area contributed by atoms with Gasteiger partial charge in [-0.1, -0.05) is 32.6 Å². The highest BCUT2D eigenvalue weighted by Gasteiger charge is 2.43. The molecule has 0 unspecified atom stereocenters. The molecule has 3 atom stereocenters. The van der Waals surface area contributed by atoms with Gasteiger partial charge >= 0.3 is 11.9 Å². The minimum atomic E-state index is -3.33. The van der Waals surface area contributed by atoms with Crippen molar-refractivity contribution < 1.29 is 33.4 Å². The number of carbonyl (C=O) groups is 3. The highest BCUT2D eigenvalue weighted by molar-refractivity contribution is 5.86. The van der Waals surface area contributed by atoms with E-state index in [-0.39, 0.29) is 37.9 Å². The van der Waals surface area contributed by atoms with Gasteiger partial charge in [-0.15, -0.1) is 0 Å². The Hall–Kier alpha value is -1.37. The summed E-state index contributed by atoms with van der Waals surface area (Å²) < 4.78 is 27.6. The lowest BCUT2D eigenvalue weighted by Crippen LogP contribution is -2.30. The number of alkyl halides is 2. The van der Waals surface area contributed by atoms with Crippen LogP contribution in [0, 0.1) is 11.8 Å². The summed E-state index contributed by atoms with van der Waals surface area (Å²) in [6, 6.07) is 0. The zero-order chi connectivity index (χ0) is 20.4. The van der Waals surface area contributed by atoms with Gasteiger partial charge in [-0.05, 0) is 31.6 Å². The van der Waals surface area contributed by atoms with Crippen molar-refractivity contribution >= 4 is 17.5 Å². The second kappa shape index (κ2) is 11.5. The number of carboxylic acid groups (broad SMARTS) is 1. The topological polar surface area (TPSA) is 91.7 Å². The normalized spacial score (nSPS) is 23.0. The van der Waals surface area contributed by atoms with Gasteiger partial charge in [0.25, 0.3) is 0 Å². The van der Waals surface area contributed by atoms with E-state index in [0.717, 1.165) is 19.3 Å². The molecule has 5 nitrogen and oxygen atoms in total. The van der Waals surface area contributed by atoms with E-state index < -0.39 is 42.0 Å². The number of ketones is 2. The number of unbranched alkanes of at least 4 members (excludes halogenated alkanes) is 4. The molecule has 0 saturated heterocycles. The Labute approximate surface area is 159 Å². The fourth-order valence-corrected chi connectivity index (χ4v) is 3.80. The van der Waals surface area contributed by atoms with Gasteiger partial charge in [-0.3, -0.25) is 14.4 Å². The van der Waals surface area contributed by atoms with Crippen molar-refractivity contribution in [1.82, 2.24) is 0 Å². The maximum Gasteiger partial charge on any atom is 0.305 e. The minimum Gasteiger partial charge on any atom is -0.481 e. The predicted molar refractivity (Wildman–Crippen MR) is 96.7 cm³/mol. The second-order valence-corrected chi connectivity index (χ2v) is 7.62. The first-order valence-corrected chi connectivity index (χ1v) is 10.0. The summed E-state index contributed by atoms with van der Waals surface area (Å²) in [6.45, 7) is 1.79. The van der Waals surface area contributed by atoms with Gasteiger partial charge in [0.05, 0.1) is 6.10 Å². The summed E-state index contributed by atoms with van der Waals surface area (Å²) in [7, 11) is 0. The van der Waals surface area contributed by atoms with Crippen LogP contribution in [0.2, 0.25) is 0 Å². The van der Waals surface area contributed by atoms with Crippen LogP contribution in [0.4, 0.5) is 8.78 Å². The molecule has 1 fully saturated rings.